The molecule has 25 heavy (non-hydrogen) atoms. The summed E-state index contributed by atoms with van der Waals surface area (Å²) < 4.78 is 0. The molecule has 0 fully saturated rings. The van der Waals surface area contributed by atoms with E-state index in [9.17, 15) is 0 Å². The van der Waals surface area contributed by atoms with Gasteiger partial charge in [0, 0.05) is 7.26 Å². The molecule has 0 bridgehead atoms. The number of allylic oxidation sites excluding steroid dienone is 3. The molecule has 0 radical (unpaired) electrons. The number of hydrogen-bond donors (Lipinski definition) is 0. The first kappa shape index (κ1) is 22.2. The van der Waals surface area contributed by atoms with E-state index in [1.54, 1.807) is 5.57 Å². The Labute approximate surface area is 158 Å². The van der Waals surface area contributed by atoms with Crippen molar-refractivity contribution >= 4 is 12.8 Å². The van der Waals surface area contributed by atoms with Crippen LogP contribution in [0, 0.1) is 0 Å². The smallest absolute Gasteiger partial charge is 0.0635 e. The predicted molar refractivity (Wildman–Crippen MR) is 120 cm³/mol. The molecule has 0 aliphatic carbocycles. The van der Waals surface area contributed by atoms with Gasteiger partial charge in [-0.15, -0.1) is 0 Å². The van der Waals surface area contributed by atoms with Gasteiger partial charge in [-0.3, -0.25) is 0 Å². The van der Waals surface area contributed by atoms with Gasteiger partial charge in [0.15, 0.2) is 0 Å². The minimum Gasteiger partial charge on any atom is -0.0913 e. The van der Waals surface area contributed by atoms with Crippen molar-refractivity contribution in [1.82, 2.24) is 0 Å². The number of benzene rings is 1. The molecular weight excluding hydrogens is 319 g/mol. The molecule has 1 rings (SSSR count). The van der Waals surface area contributed by atoms with Crippen LogP contribution < -0.4 is 0 Å². The molecule has 0 spiro atoms. The van der Waals surface area contributed by atoms with Crippen molar-refractivity contribution in [2.75, 3.05) is 18.5 Å². The van der Waals surface area contributed by atoms with Gasteiger partial charge in [-0.2, -0.15) is 0 Å². The van der Waals surface area contributed by atoms with E-state index in [-0.39, 0.29) is 0 Å². The maximum Gasteiger partial charge on any atom is 0.0635 e. The van der Waals surface area contributed by atoms with E-state index in [1.165, 1.54) is 62.6 Å². The highest BCUT2D eigenvalue weighted by atomic mass is 31.2. The average Bonchev–Trinajstić information content (AvgIpc) is 2.66. The van der Waals surface area contributed by atoms with Crippen molar-refractivity contribution < 1.29 is 0 Å². The highest BCUT2D eigenvalue weighted by molar-refractivity contribution is 7.79. The van der Waals surface area contributed by atoms with Crippen molar-refractivity contribution in [1.29, 1.82) is 0 Å². The lowest BCUT2D eigenvalue weighted by Gasteiger charge is -2.25. The van der Waals surface area contributed by atoms with E-state index in [0.29, 0.717) is 0 Å². The van der Waals surface area contributed by atoms with Gasteiger partial charge in [-0.1, -0.05) is 82.5 Å². The van der Waals surface area contributed by atoms with E-state index in [1.807, 2.05) is 0 Å². The van der Waals surface area contributed by atoms with Crippen molar-refractivity contribution in [3.8, 4) is 0 Å². The molecule has 0 amide bonds. The topological polar surface area (TPSA) is 0 Å². The Balaban J connectivity index is 3.24. The summed E-state index contributed by atoms with van der Waals surface area (Å²) in [4.78, 5) is 0. The van der Waals surface area contributed by atoms with Gasteiger partial charge < -0.3 is 0 Å². The quantitative estimate of drug-likeness (QED) is 0.245. The largest absolute Gasteiger partial charge is 0.0913 e. The molecule has 0 aromatic heterocycles. The van der Waals surface area contributed by atoms with E-state index in [0.717, 1.165) is 6.42 Å². The summed E-state index contributed by atoms with van der Waals surface area (Å²) in [6.45, 7) is 9.16. The van der Waals surface area contributed by atoms with Crippen LogP contribution in [0.15, 0.2) is 48.3 Å². The summed E-state index contributed by atoms with van der Waals surface area (Å²) in [6, 6.07) is 11.1. The highest BCUT2D eigenvalue weighted by Crippen LogP contribution is 2.63. The van der Waals surface area contributed by atoms with E-state index in [4.69, 9.17) is 0 Å². The maximum atomic E-state index is 2.79. The SMILES string of the molecule is C/C=C/C/C(=C\[P+](CCCC)(CCCC)CCCC)c1ccccc1. The fourth-order valence-corrected chi connectivity index (χ4v) is 8.23. The maximum absolute atomic E-state index is 2.79. The lowest BCUT2D eigenvalue weighted by Crippen LogP contribution is -2.07. The Kier molecular flexibility index (Phi) is 11.8. The number of unbranched alkanes of at least 4 members (excludes halogenated alkanes) is 3. The zero-order valence-electron chi connectivity index (χ0n) is 17.1. The molecule has 0 atom stereocenters. The zero-order valence-corrected chi connectivity index (χ0v) is 18.0. The van der Waals surface area contributed by atoms with Gasteiger partial charge in [0.1, 0.15) is 0 Å². The third-order valence-corrected chi connectivity index (χ3v) is 9.50. The van der Waals surface area contributed by atoms with Gasteiger partial charge in [0.25, 0.3) is 0 Å². The molecule has 1 aromatic rings. The molecule has 0 saturated heterocycles. The molecular formula is C24H40P+. The van der Waals surface area contributed by atoms with Crippen LogP contribution >= 0.6 is 7.26 Å². The van der Waals surface area contributed by atoms with Crippen molar-refractivity contribution in [2.45, 2.75) is 72.6 Å². The van der Waals surface area contributed by atoms with Crippen LogP contribution in [-0.2, 0) is 0 Å². The summed E-state index contributed by atoms with van der Waals surface area (Å²) in [5.41, 5.74) is 2.99. The molecule has 0 aliphatic heterocycles. The van der Waals surface area contributed by atoms with E-state index < -0.39 is 7.26 Å². The summed E-state index contributed by atoms with van der Waals surface area (Å²) >= 11 is 0. The van der Waals surface area contributed by atoms with Crippen LogP contribution in [0.1, 0.15) is 78.2 Å². The molecule has 1 heteroatoms. The first-order valence-corrected chi connectivity index (χ1v) is 12.9. The fraction of sp³-hybridized carbons (Fsp3) is 0.583. The average molecular weight is 360 g/mol. The van der Waals surface area contributed by atoms with Crippen LogP contribution in [0.3, 0.4) is 0 Å². The summed E-state index contributed by atoms with van der Waals surface area (Å²) in [5, 5.41) is 0. The third-order valence-electron chi connectivity index (χ3n) is 5.02. The monoisotopic (exact) mass is 359 g/mol. The van der Waals surface area contributed by atoms with E-state index in [2.05, 4.69) is 76.0 Å². The van der Waals surface area contributed by atoms with Gasteiger partial charge in [-0.05, 0) is 43.7 Å². The van der Waals surface area contributed by atoms with Gasteiger partial charge >= 0.3 is 0 Å². The molecule has 0 saturated carbocycles. The van der Waals surface area contributed by atoms with Crippen molar-refractivity contribution in [2.24, 2.45) is 0 Å². The second-order valence-electron chi connectivity index (χ2n) is 7.24. The Hall–Kier alpha value is -0.870. The van der Waals surface area contributed by atoms with Crippen LogP contribution in [0.4, 0.5) is 0 Å². The van der Waals surface area contributed by atoms with Crippen LogP contribution in [0.5, 0.6) is 0 Å². The van der Waals surface area contributed by atoms with Crippen molar-refractivity contribution in [3.63, 3.8) is 0 Å². The second-order valence-corrected chi connectivity index (χ2v) is 11.3. The van der Waals surface area contributed by atoms with Crippen molar-refractivity contribution in [3.05, 3.63) is 53.9 Å². The van der Waals surface area contributed by atoms with Gasteiger partial charge in [-0.25, -0.2) is 0 Å². The minimum atomic E-state index is -1.00. The molecule has 0 aliphatic rings. The number of rotatable bonds is 13. The first-order chi connectivity index (χ1) is 12.2. The predicted octanol–water partition coefficient (Wildman–Crippen LogP) is 8.41. The summed E-state index contributed by atoms with van der Waals surface area (Å²) in [7, 11) is -1.00. The fourth-order valence-electron chi connectivity index (χ4n) is 3.42. The van der Waals surface area contributed by atoms with Gasteiger partial charge in [0.2, 0.25) is 0 Å². The lowest BCUT2D eigenvalue weighted by atomic mass is 10.0. The zero-order chi connectivity index (χ0) is 18.4. The second kappa shape index (κ2) is 13.3. The number of hydrogen-bond acceptors (Lipinski definition) is 0. The molecule has 0 unspecified atom stereocenters. The Morgan fingerprint density at radius 2 is 1.36 bits per heavy atom. The lowest BCUT2D eigenvalue weighted by molar-refractivity contribution is 0.840. The van der Waals surface area contributed by atoms with Crippen LogP contribution in [0.2, 0.25) is 0 Å². The molecule has 140 valence electrons. The van der Waals surface area contributed by atoms with Gasteiger partial charge in [0.05, 0.1) is 24.3 Å². The Morgan fingerprint density at radius 3 is 1.80 bits per heavy atom. The van der Waals surface area contributed by atoms with Crippen LogP contribution in [-0.4, -0.2) is 18.5 Å². The van der Waals surface area contributed by atoms with E-state index >= 15 is 0 Å². The minimum absolute atomic E-state index is 1.00. The highest BCUT2D eigenvalue weighted by Gasteiger charge is 2.34. The molecule has 0 nitrogen and oxygen atoms in total. The molecule has 0 N–H and O–H groups in total. The first-order valence-electron chi connectivity index (χ1n) is 10.5. The summed E-state index contributed by atoms with van der Waals surface area (Å²) in [5.74, 6) is 2.79. The molecule has 0 heterocycles. The Bertz CT molecular complexity index is 476. The Morgan fingerprint density at radius 1 is 0.840 bits per heavy atom. The normalized spacial score (nSPS) is 12.9. The van der Waals surface area contributed by atoms with Crippen LogP contribution in [0.25, 0.3) is 5.57 Å². The standard InChI is InChI=1S/C24H40P/c1-5-9-16-24(23-17-14-13-15-18-23)22-25(19-10-6-2,20-11-7-3)21-12-8-4/h5,9,13-15,17-18,22H,6-8,10-12,16,19-21H2,1-4H3/q+1/b9-5+,24-22+. The third kappa shape index (κ3) is 8.37. The summed E-state index contributed by atoms with van der Waals surface area (Å²) in [6.07, 6.45) is 18.1. The molecule has 1 aromatic carbocycles.